The van der Waals surface area contributed by atoms with Crippen molar-refractivity contribution in [3.8, 4) is 0 Å². The first-order chi connectivity index (χ1) is 13.9. The summed E-state index contributed by atoms with van der Waals surface area (Å²) in [5.41, 5.74) is 0.680. The maximum Gasteiger partial charge on any atom is 0.262 e. The number of fused-ring (bicyclic) bond motifs is 1. The van der Waals surface area contributed by atoms with E-state index >= 15 is 0 Å². The molecule has 0 atom stereocenters. The number of anilines is 1. The van der Waals surface area contributed by atoms with Crippen LogP contribution in [0.2, 0.25) is 0 Å². The fraction of sp³-hybridized carbons (Fsp3) is 0.450. The molecule has 29 heavy (non-hydrogen) atoms. The standard InChI is InChI=1S/C20H25N5O2S2/c1-13(2)12-17-23-24-19(29-17)22-16(26)10-4-3-7-11-25-18(27)14-8-5-6-9-15(14)21-20(25)28/h5-6,8-9,13H,3-4,7,10-12H2,1-2H3,(H,21,28)(H,22,24,26). The van der Waals surface area contributed by atoms with Gasteiger partial charge in [0.1, 0.15) is 5.01 Å². The number of carbonyl (C=O) groups excluding carboxylic acids is 1. The fourth-order valence-corrected chi connectivity index (χ4v) is 4.30. The maximum absolute atomic E-state index is 12.6. The lowest BCUT2D eigenvalue weighted by Gasteiger charge is -2.08. The summed E-state index contributed by atoms with van der Waals surface area (Å²) in [6.07, 6.45) is 3.63. The van der Waals surface area contributed by atoms with Crippen LogP contribution < -0.4 is 10.9 Å². The molecule has 154 valence electrons. The van der Waals surface area contributed by atoms with E-state index in [0.29, 0.717) is 34.2 Å². The van der Waals surface area contributed by atoms with Crippen molar-refractivity contribution in [2.24, 2.45) is 5.92 Å². The number of para-hydroxylation sites is 1. The third-order valence-electron chi connectivity index (χ3n) is 4.47. The highest BCUT2D eigenvalue weighted by molar-refractivity contribution is 7.71. The second kappa shape index (κ2) is 9.89. The van der Waals surface area contributed by atoms with Crippen LogP contribution in [0.4, 0.5) is 5.13 Å². The van der Waals surface area contributed by atoms with E-state index in [1.165, 1.54) is 11.3 Å². The van der Waals surface area contributed by atoms with Gasteiger partial charge in [0.2, 0.25) is 11.0 Å². The molecular weight excluding hydrogens is 406 g/mol. The average Bonchev–Trinajstić information content (AvgIpc) is 3.09. The molecule has 0 aliphatic heterocycles. The molecule has 0 fully saturated rings. The number of unbranched alkanes of at least 4 members (excludes halogenated alkanes) is 2. The Morgan fingerprint density at radius 1 is 1.24 bits per heavy atom. The van der Waals surface area contributed by atoms with Gasteiger partial charge in [-0.3, -0.25) is 14.2 Å². The van der Waals surface area contributed by atoms with Crippen molar-refractivity contribution < 1.29 is 4.79 Å². The minimum absolute atomic E-state index is 0.0580. The van der Waals surface area contributed by atoms with E-state index in [2.05, 4.69) is 34.3 Å². The first-order valence-corrected chi connectivity index (χ1v) is 11.0. The van der Waals surface area contributed by atoms with E-state index < -0.39 is 0 Å². The van der Waals surface area contributed by atoms with Gasteiger partial charge in [-0.05, 0) is 43.1 Å². The number of rotatable bonds is 9. The Morgan fingerprint density at radius 2 is 2.03 bits per heavy atom. The van der Waals surface area contributed by atoms with Crippen molar-refractivity contribution in [3.05, 3.63) is 44.4 Å². The van der Waals surface area contributed by atoms with Crippen molar-refractivity contribution in [1.29, 1.82) is 0 Å². The first kappa shape index (κ1) is 21.3. The lowest BCUT2D eigenvalue weighted by molar-refractivity contribution is -0.116. The Hall–Kier alpha value is -2.39. The van der Waals surface area contributed by atoms with Crippen LogP contribution in [-0.2, 0) is 17.8 Å². The third-order valence-corrected chi connectivity index (χ3v) is 5.65. The lowest BCUT2D eigenvalue weighted by atomic mass is 10.1. The maximum atomic E-state index is 12.6. The largest absolute Gasteiger partial charge is 0.332 e. The molecule has 0 aliphatic rings. The van der Waals surface area contributed by atoms with Gasteiger partial charge >= 0.3 is 0 Å². The van der Waals surface area contributed by atoms with Crippen molar-refractivity contribution in [2.45, 2.75) is 52.5 Å². The molecule has 3 rings (SSSR count). The van der Waals surface area contributed by atoms with Crippen molar-refractivity contribution >= 4 is 45.5 Å². The fourth-order valence-electron chi connectivity index (χ4n) is 3.05. The molecule has 2 N–H and O–H groups in total. The number of aromatic amines is 1. The molecule has 0 saturated heterocycles. The second-order valence-corrected chi connectivity index (χ2v) is 8.84. The van der Waals surface area contributed by atoms with E-state index in [9.17, 15) is 9.59 Å². The molecule has 1 aromatic carbocycles. The molecule has 0 saturated carbocycles. The number of hydrogen-bond donors (Lipinski definition) is 2. The van der Waals surface area contributed by atoms with Gasteiger partial charge in [0.15, 0.2) is 4.77 Å². The van der Waals surface area contributed by atoms with E-state index in [-0.39, 0.29) is 11.5 Å². The van der Waals surface area contributed by atoms with Crippen LogP contribution in [-0.4, -0.2) is 25.7 Å². The van der Waals surface area contributed by atoms with Crippen molar-refractivity contribution in [2.75, 3.05) is 5.32 Å². The topological polar surface area (TPSA) is 92.7 Å². The van der Waals surface area contributed by atoms with Gasteiger partial charge in [0, 0.05) is 19.4 Å². The van der Waals surface area contributed by atoms with Gasteiger partial charge < -0.3 is 10.3 Å². The number of benzene rings is 1. The summed E-state index contributed by atoms with van der Waals surface area (Å²) in [5.74, 6) is 0.451. The van der Waals surface area contributed by atoms with Gasteiger partial charge in [-0.15, -0.1) is 10.2 Å². The molecular formula is C20H25N5O2S2. The van der Waals surface area contributed by atoms with E-state index in [0.717, 1.165) is 36.2 Å². The molecule has 0 unspecified atom stereocenters. The van der Waals surface area contributed by atoms with Gasteiger partial charge in [-0.1, -0.05) is 43.7 Å². The monoisotopic (exact) mass is 431 g/mol. The Balaban J connectivity index is 1.45. The first-order valence-electron chi connectivity index (χ1n) is 9.78. The molecule has 0 aliphatic carbocycles. The lowest BCUT2D eigenvalue weighted by Crippen LogP contribution is -2.22. The quantitative estimate of drug-likeness (QED) is 0.389. The third kappa shape index (κ3) is 5.80. The molecule has 0 radical (unpaired) electrons. The average molecular weight is 432 g/mol. The Labute approximate surface area is 178 Å². The molecule has 3 aromatic rings. The van der Waals surface area contributed by atoms with E-state index in [4.69, 9.17) is 12.2 Å². The van der Waals surface area contributed by atoms with Gasteiger partial charge in [-0.25, -0.2) is 0 Å². The summed E-state index contributed by atoms with van der Waals surface area (Å²) >= 11 is 6.75. The van der Waals surface area contributed by atoms with Crippen LogP contribution in [0, 0.1) is 10.7 Å². The van der Waals surface area contributed by atoms with Crippen LogP contribution in [0.1, 0.15) is 44.5 Å². The molecule has 2 heterocycles. The molecule has 7 nitrogen and oxygen atoms in total. The van der Waals surface area contributed by atoms with Crippen molar-refractivity contribution in [3.63, 3.8) is 0 Å². The zero-order valence-corrected chi connectivity index (χ0v) is 18.2. The summed E-state index contributed by atoms with van der Waals surface area (Å²) in [6.45, 7) is 4.78. The normalized spacial score (nSPS) is 11.3. The number of nitrogens with one attached hydrogen (secondary N) is 2. The number of amides is 1. The second-order valence-electron chi connectivity index (χ2n) is 7.39. The van der Waals surface area contributed by atoms with E-state index in [1.807, 2.05) is 18.2 Å². The zero-order chi connectivity index (χ0) is 20.8. The minimum Gasteiger partial charge on any atom is -0.332 e. The smallest absolute Gasteiger partial charge is 0.262 e. The SMILES string of the molecule is CC(C)Cc1nnc(NC(=O)CCCCCn2c(=S)[nH]c3ccccc3c2=O)s1. The van der Waals surface area contributed by atoms with Crippen LogP contribution in [0.25, 0.3) is 10.9 Å². The Bertz CT molecular complexity index is 1100. The number of aromatic nitrogens is 4. The Morgan fingerprint density at radius 3 is 2.83 bits per heavy atom. The van der Waals surface area contributed by atoms with E-state index in [1.54, 1.807) is 10.6 Å². The number of hydrogen-bond acceptors (Lipinski definition) is 6. The van der Waals surface area contributed by atoms with Gasteiger partial charge in [0.05, 0.1) is 10.9 Å². The number of nitrogens with zero attached hydrogens (tertiary/aromatic N) is 3. The molecule has 2 aromatic heterocycles. The molecule has 9 heteroatoms. The molecule has 1 amide bonds. The summed E-state index contributed by atoms with van der Waals surface area (Å²) in [5, 5.41) is 13.1. The number of H-pyrrole nitrogens is 1. The highest BCUT2D eigenvalue weighted by Crippen LogP contribution is 2.18. The summed E-state index contributed by atoms with van der Waals surface area (Å²) < 4.78 is 2.02. The van der Waals surface area contributed by atoms with Crippen molar-refractivity contribution in [1.82, 2.24) is 19.7 Å². The summed E-state index contributed by atoms with van der Waals surface area (Å²) in [4.78, 5) is 27.8. The van der Waals surface area contributed by atoms with Crippen LogP contribution in [0.3, 0.4) is 0 Å². The predicted molar refractivity (Wildman–Crippen MR) is 119 cm³/mol. The highest BCUT2D eigenvalue weighted by atomic mass is 32.1. The number of carbonyl (C=O) groups is 1. The highest BCUT2D eigenvalue weighted by Gasteiger charge is 2.10. The molecule has 0 spiro atoms. The van der Waals surface area contributed by atoms with Crippen LogP contribution in [0.15, 0.2) is 29.1 Å². The molecule has 0 bridgehead atoms. The summed E-state index contributed by atoms with van der Waals surface area (Å²) in [7, 11) is 0. The van der Waals surface area contributed by atoms with Crippen LogP contribution >= 0.6 is 23.6 Å². The minimum atomic E-state index is -0.0736. The van der Waals surface area contributed by atoms with Gasteiger partial charge in [0.25, 0.3) is 5.56 Å². The predicted octanol–water partition coefficient (Wildman–Crippen LogP) is 4.31. The summed E-state index contributed by atoms with van der Waals surface area (Å²) in [6, 6.07) is 7.35. The van der Waals surface area contributed by atoms with Gasteiger partial charge in [-0.2, -0.15) is 0 Å². The Kier molecular flexibility index (Phi) is 7.27. The van der Waals surface area contributed by atoms with Crippen LogP contribution in [0.5, 0.6) is 0 Å². The zero-order valence-electron chi connectivity index (χ0n) is 16.6.